The molecular weight excluding hydrogens is 306 g/mol. The number of fused-ring (bicyclic) bond motifs is 2. The summed E-state index contributed by atoms with van der Waals surface area (Å²) < 4.78 is 3.19. The Kier molecular flexibility index (Phi) is 4.11. The van der Waals surface area contributed by atoms with E-state index in [4.69, 9.17) is 0 Å². The highest BCUT2D eigenvalue weighted by molar-refractivity contribution is 5.98. The summed E-state index contributed by atoms with van der Waals surface area (Å²) in [7, 11) is 5.65. The second kappa shape index (κ2) is 6.09. The molecule has 0 unspecified atom stereocenters. The Labute approximate surface area is 139 Å². The summed E-state index contributed by atoms with van der Waals surface area (Å²) in [5.74, 6) is -0.206. The SMILES string of the molecule is Cc1cccn2c(=O)c3cc(C(=O)NCCN(C)C)n(C)c3nc12. The normalized spacial score (nSPS) is 11.5. The Morgan fingerprint density at radius 3 is 2.79 bits per heavy atom. The van der Waals surface area contributed by atoms with Gasteiger partial charge in [0.05, 0.1) is 5.39 Å². The third kappa shape index (κ3) is 2.67. The molecule has 0 fully saturated rings. The van der Waals surface area contributed by atoms with Crippen LogP contribution in [0.3, 0.4) is 0 Å². The molecule has 0 aliphatic rings. The second-order valence-corrected chi connectivity index (χ2v) is 6.19. The molecular formula is C17H21N5O2. The van der Waals surface area contributed by atoms with E-state index in [1.807, 2.05) is 38.1 Å². The van der Waals surface area contributed by atoms with Crippen LogP contribution in [0.2, 0.25) is 0 Å². The van der Waals surface area contributed by atoms with Gasteiger partial charge in [0, 0.05) is 26.3 Å². The molecule has 3 rings (SSSR count). The average molecular weight is 327 g/mol. The van der Waals surface area contributed by atoms with Crippen molar-refractivity contribution in [2.45, 2.75) is 6.92 Å². The molecule has 126 valence electrons. The van der Waals surface area contributed by atoms with Crippen molar-refractivity contribution in [3.05, 3.63) is 46.0 Å². The fourth-order valence-electron chi connectivity index (χ4n) is 2.73. The predicted octanol–water partition coefficient (Wildman–Crippen LogP) is 0.786. The highest BCUT2D eigenvalue weighted by atomic mass is 16.2. The minimum atomic E-state index is -0.206. The number of amides is 1. The maximum atomic E-state index is 12.7. The quantitative estimate of drug-likeness (QED) is 0.769. The molecule has 7 nitrogen and oxygen atoms in total. The van der Waals surface area contributed by atoms with Crippen molar-refractivity contribution in [1.82, 2.24) is 24.2 Å². The fourth-order valence-corrected chi connectivity index (χ4v) is 2.73. The molecule has 24 heavy (non-hydrogen) atoms. The van der Waals surface area contributed by atoms with Gasteiger partial charge in [-0.05, 0) is 38.7 Å². The molecule has 3 aromatic heterocycles. The monoisotopic (exact) mass is 327 g/mol. The van der Waals surface area contributed by atoms with Crippen LogP contribution in [0.4, 0.5) is 0 Å². The third-order valence-corrected chi connectivity index (χ3v) is 4.10. The van der Waals surface area contributed by atoms with Gasteiger partial charge in [0.25, 0.3) is 11.5 Å². The topological polar surface area (TPSA) is 71.6 Å². The van der Waals surface area contributed by atoms with Crippen molar-refractivity contribution in [3.63, 3.8) is 0 Å². The molecule has 7 heteroatoms. The van der Waals surface area contributed by atoms with Gasteiger partial charge in [-0.15, -0.1) is 0 Å². The van der Waals surface area contributed by atoms with Crippen LogP contribution < -0.4 is 10.9 Å². The van der Waals surface area contributed by atoms with Gasteiger partial charge < -0.3 is 14.8 Å². The summed E-state index contributed by atoms with van der Waals surface area (Å²) in [6, 6.07) is 5.34. The standard InChI is InChI=1S/C17H21N5O2/c1-11-6-5-8-22-14(11)19-15-12(17(22)24)10-13(21(15)4)16(23)18-7-9-20(2)3/h5-6,8,10H,7,9H2,1-4H3,(H,18,23). The lowest BCUT2D eigenvalue weighted by Gasteiger charge is -2.10. The number of pyridine rings is 1. The fraction of sp³-hybridized carbons (Fsp3) is 0.353. The Hall–Kier alpha value is -2.67. The molecule has 3 heterocycles. The number of rotatable bonds is 4. The maximum absolute atomic E-state index is 12.7. The van der Waals surface area contributed by atoms with Crippen molar-refractivity contribution >= 4 is 22.6 Å². The van der Waals surface area contributed by atoms with Crippen LogP contribution in [0, 0.1) is 6.92 Å². The summed E-state index contributed by atoms with van der Waals surface area (Å²) in [5, 5.41) is 3.31. The second-order valence-electron chi connectivity index (χ2n) is 6.19. The van der Waals surface area contributed by atoms with E-state index in [1.165, 1.54) is 4.40 Å². The molecule has 0 aliphatic carbocycles. The zero-order valence-corrected chi connectivity index (χ0v) is 14.3. The van der Waals surface area contributed by atoms with Gasteiger partial charge in [-0.3, -0.25) is 14.0 Å². The van der Waals surface area contributed by atoms with E-state index < -0.39 is 0 Å². The molecule has 0 spiro atoms. The first-order chi connectivity index (χ1) is 11.4. The lowest BCUT2D eigenvalue weighted by Crippen LogP contribution is -2.32. The lowest BCUT2D eigenvalue weighted by atomic mass is 10.3. The highest BCUT2D eigenvalue weighted by Gasteiger charge is 2.17. The zero-order chi connectivity index (χ0) is 17.4. The number of aryl methyl sites for hydroxylation is 2. The van der Waals surface area contributed by atoms with Crippen molar-refractivity contribution in [2.75, 3.05) is 27.2 Å². The van der Waals surface area contributed by atoms with Crippen molar-refractivity contribution in [3.8, 4) is 0 Å². The summed E-state index contributed by atoms with van der Waals surface area (Å²) in [4.78, 5) is 31.7. The first-order valence-electron chi connectivity index (χ1n) is 7.80. The largest absolute Gasteiger partial charge is 0.349 e. The Balaban J connectivity index is 2.09. The molecule has 0 aliphatic heterocycles. The number of carbonyl (C=O) groups is 1. The summed E-state index contributed by atoms with van der Waals surface area (Å²) in [5.41, 5.74) is 2.31. The molecule has 0 bridgehead atoms. The Bertz CT molecular complexity index is 984. The first-order valence-corrected chi connectivity index (χ1v) is 7.80. The van der Waals surface area contributed by atoms with Crippen LogP contribution in [0.15, 0.2) is 29.2 Å². The number of nitrogens with zero attached hydrogens (tertiary/aromatic N) is 4. The van der Waals surface area contributed by atoms with Gasteiger partial charge >= 0.3 is 0 Å². The van der Waals surface area contributed by atoms with E-state index in [9.17, 15) is 9.59 Å². The smallest absolute Gasteiger partial charge is 0.268 e. The summed E-state index contributed by atoms with van der Waals surface area (Å²) >= 11 is 0. The van der Waals surface area contributed by atoms with Crippen LogP contribution in [0.5, 0.6) is 0 Å². The van der Waals surface area contributed by atoms with Crippen LogP contribution in [0.1, 0.15) is 16.1 Å². The van der Waals surface area contributed by atoms with E-state index in [2.05, 4.69) is 10.3 Å². The number of aromatic nitrogens is 3. The summed E-state index contributed by atoms with van der Waals surface area (Å²) in [6.07, 6.45) is 1.70. The van der Waals surface area contributed by atoms with Crippen molar-refractivity contribution in [1.29, 1.82) is 0 Å². The number of hydrogen-bond donors (Lipinski definition) is 1. The van der Waals surface area contributed by atoms with Gasteiger partial charge in [-0.2, -0.15) is 0 Å². The molecule has 0 saturated carbocycles. The zero-order valence-electron chi connectivity index (χ0n) is 14.3. The number of likely N-dealkylation sites (N-methyl/N-ethyl adjacent to an activating group) is 1. The minimum Gasteiger partial charge on any atom is -0.349 e. The van der Waals surface area contributed by atoms with Crippen LogP contribution in [-0.2, 0) is 7.05 Å². The van der Waals surface area contributed by atoms with Gasteiger partial charge in [-0.1, -0.05) is 6.07 Å². The molecule has 0 atom stereocenters. The van der Waals surface area contributed by atoms with E-state index in [0.717, 1.165) is 12.1 Å². The highest BCUT2D eigenvalue weighted by Crippen LogP contribution is 2.16. The minimum absolute atomic E-state index is 0.165. The van der Waals surface area contributed by atoms with Crippen LogP contribution in [0.25, 0.3) is 16.7 Å². The molecule has 1 N–H and O–H groups in total. The third-order valence-electron chi connectivity index (χ3n) is 4.10. The van der Waals surface area contributed by atoms with Gasteiger partial charge in [0.15, 0.2) is 0 Å². The number of nitrogens with one attached hydrogen (secondary N) is 1. The average Bonchev–Trinajstić information content (AvgIpc) is 2.86. The van der Waals surface area contributed by atoms with Crippen LogP contribution >= 0.6 is 0 Å². The van der Waals surface area contributed by atoms with Crippen molar-refractivity contribution in [2.24, 2.45) is 7.05 Å². The lowest BCUT2D eigenvalue weighted by molar-refractivity contribution is 0.0943. The van der Waals surface area contributed by atoms with E-state index in [-0.39, 0.29) is 11.5 Å². The van der Waals surface area contributed by atoms with E-state index in [1.54, 1.807) is 23.9 Å². The van der Waals surface area contributed by atoms with Gasteiger partial charge in [-0.25, -0.2) is 4.98 Å². The Morgan fingerprint density at radius 2 is 2.08 bits per heavy atom. The molecule has 3 aromatic rings. The van der Waals surface area contributed by atoms with Gasteiger partial charge in [0.2, 0.25) is 0 Å². The Morgan fingerprint density at radius 1 is 1.33 bits per heavy atom. The predicted molar refractivity (Wildman–Crippen MR) is 93.6 cm³/mol. The van der Waals surface area contributed by atoms with Gasteiger partial charge in [0.1, 0.15) is 17.0 Å². The maximum Gasteiger partial charge on any atom is 0.268 e. The van der Waals surface area contributed by atoms with E-state index >= 15 is 0 Å². The van der Waals surface area contributed by atoms with E-state index in [0.29, 0.717) is 28.9 Å². The number of hydrogen-bond acceptors (Lipinski definition) is 4. The molecule has 0 radical (unpaired) electrons. The number of carbonyl (C=O) groups excluding carboxylic acids is 1. The molecule has 0 saturated heterocycles. The molecule has 0 aromatic carbocycles. The molecule has 1 amide bonds. The summed E-state index contributed by atoms with van der Waals surface area (Å²) in [6.45, 7) is 3.20. The van der Waals surface area contributed by atoms with Crippen LogP contribution in [-0.4, -0.2) is 51.9 Å². The first kappa shape index (κ1) is 16.2. The van der Waals surface area contributed by atoms with Crippen molar-refractivity contribution < 1.29 is 4.79 Å².